The number of phenolic OH excluding ortho intramolecular Hbond substituents is 1. The van der Waals surface area contributed by atoms with E-state index in [0.29, 0.717) is 31.1 Å². The van der Waals surface area contributed by atoms with E-state index in [9.17, 15) is 18.3 Å². The molecule has 1 aliphatic heterocycles. The second-order valence-electron chi connectivity index (χ2n) is 5.27. The maximum absolute atomic E-state index is 12.3. The summed E-state index contributed by atoms with van der Waals surface area (Å²) >= 11 is 0. The first-order valence-corrected chi connectivity index (χ1v) is 8.95. The maximum Gasteiger partial charge on any atom is 0.266 e. The van der Waals surface area contributed by atoms with Crippen molar-refractivity contribution in [2.45, 2.75) is 11.3 Å². The standard InChI is InChI=1S/C16H16N2O6S/c19-12-4-2-11(3-5-12)16(20)17-18-25(21,22)13-6-7-14-15(10-13)24-9-1-8-23-14/h2-7,10,18-19H,1,8-9H2,(H,17,20). The average molecular weight is 364 g/mol. The molecule has 25 heavy (non-hydrogen) atoms. The first-order chi connectivity index (χ1) is 12.0. The van der Waals surface area contributed by atoms with E-state index in [-0.39, 0.29) is 16.2 Å². The van der Waals surface area contributed by atoms with Gasteiger partial charge in [-0.25, -0.2) is 8.42 Å². The number of hydrazine groups is 1. The summed E-state index contributed by atoms with van der Waals surface area (Å²) in [5, 5.41) is 9.20. The molecule has 2 aromatic carbocycles. The van der Waals surface area contributed by atoms with Crippen LogP contribution in [0.3, 0.4) is 0 Å². The van der Waals surface area contributed by atoms with Crippen LogP contribution in [0.4, 0.5) is 0 Å². The lowest BCUT2D eigenvalue weighted by atomic mass is 10.2. The van der Waals surface area contributed by atoms with Crippen molar-refractivity contribution in [1.82, 2.24) is 10.3 Å². The third-order valence-corrected chi connectivity index (χ3v) is 4.70. The van der Waals surface area contributed by atoms with E-state index in [1.54, 1.807) is 0 Å². The topological polar surface area (TPSA) is 114 Å². The van der Waals surface area contributed by atoms with Crippen molar-refractivity contribution in [2.75, 3.05) is 13.2 Å². The summed E-state index contributed by atoms with van der Waals surface area (Å²) in [6, 6.07) is 9.61. The molecule has 0 saturated carbocycles. The first-order valence-electron chi connectivity index (χ1n) is 7.46. The number of amides is 1. The maximum atomic E-state index is 12.3. The van der Waals surface area contributed by atoms with Gasteiger partial charge in [-0.3, -0.25) is 10.2 Å². The number of nitrogens with one attached hydrogen (secondary N) is 2. The number of hydrogen-bond donors (Lipinski definition) is 3. The highest BCUT2D eigenvalue weighted by molar-refractivity contribution is 7.89. The summed E-state index contributed by atoms with van der Waals surface area (Å²) in [6.07, 6.45) is 0.706. The molecule has 1 aliphatic rings. The number of phenols is 1. The summed E-state index contributed by atoms with van der Waals surface area (Å²) in [4.78, 5) is 13.9. The molecule has 9 heteroatoms. The average Bonchev–Trinajstić information content (AvgIpc) is 2.85. The summed E-state index contributed by atoms with van der Waals surface area (Å²) in [7, 11) is -3.98. The Kier molecular flexibility index (Phi) is 4.77. The minimum absolute atomic E-state index is 0.00401. The molecule has 0 fully saturated rings. The monoisotopic (exact) mass is 364 g/mol. The minimum Gasteiger partial charge on any atom is -0.508 e. The molecule has 0 aliphatic carbocycles. The van der Waals surface area contributed by atoms with Crippen molar-refractivity contribution < 1.29 is 27.8 Å². The molecule has 0 unspecified atom stereocenters. The molecule has 3 N–H and O–H groups in total. The second-order valence-corrected chi connectivity index (χ2v) is 6.95. The van der Waals surface area contributed by atoms with E-state index < -0.39 is 15.9 Å². The fourth-order valence-corrected chi connectivity index (χ4v) is 3.02. The molecule has 0 saturated heterocycles. The Hall–Kier alpha value is -2.78. The highest BCUT2D eigenvalue weighted by atomic mass is 32.2. The van der Waals surface area contributed by atoms with Gasteiger partial charge in [0.2, 0.25) is 0 Å². The van der Waals surface area contributed by atoms with Gasteiger partial charge < -0.3 is 14.6 Å². The van der Waals surface area contributed by atoms with E-state index >= 15 is 0 Å². The largest absolute Gasteiger partial charge is 0.508 e. The van der Waals surface area contributed by atoms with Crippen LogP contribution in [-0.2, 0) is 10.0 Å². The number of hydrogen-bond acceptors (Lipinski definition) is 6. The van der Waals surface area contributed by atoms with Gasteiger partial charge in [-0.2, -0.15) is 0 Å². The normalized spacial score (nSPS) is 13.8. The van der Waals surface area contributed by atoms with Crippen LogP contribution in [0.2, 0.25) is 0 Å². The lowest BCUT2D eigenvalue weighted by Crippen LogP contribution is -2.41. The first kappa shape index (κ1) is 17.1. The molecule has 1 amide bonds. The van der Waals surface area contributed by atoms with Crippen LogP contribution in [-0.4, -0.2) is 32.6 Å². The predicted octanol–water partition coefficient (Wildman–Crippen LogP) is 1.18. The smallest absolute Gasteiger partial charge is 0.266 e. The van der Waals surface area contributed by atoms with Crippen molar-refractivity contribution in [3.05, 3.63) is 48.0 Å². The summed E-state index contributed by atoms with van der Waals surface area (Å²) in [6.45, 7) is 0.932. The van der Waals surface area contributed by atoms with Crippen LogP contribution in [0.25, 0.3) is 0 Å². The van der Waals surface area contributed by atoms with Gasteiger partial charge in [-0.1, -0.05) is 0 Å². The Morgan fingerprint density at radius 1 is 1.00 bits per heavy atom. The Morgan fingerprint density at radius 2 is 1.68 bits per heavy atom. The molecule has 0 bridgehead atoms. The minimum atomic E-state index is -3.98. The van der Waals surface area contributed by atoms with Gasteiger partial charge in [-0.05, 0) is 36.4 Å². The second kappa shape index (κ2) is 6.99. The van der Waals surface area contributed by atoms with Crippen LogP contribution in [0.1, 0.15) is 16.8 Å². The van der Waals surface area contributed by atoms with Gasteiger partial charge in [0.25, 0.3) is 15.9 Å². The van der Waals surface area contributed by atoms with E-state index in [4.69, 9.17) is 9.47 Å². The van der Waals surface area contributed by atoms with Gasteiger partial charge in [0, 0.05) is 18.1 Å². The lowest BCUT2D eigenvalue weighted by Gasteiger charge is -2.11. The number of rotatable bonds is 4. The van der Waals surface area contributed by atoms with Crippen LogP contribution in [0.5, 0.6) is 17.2 Å². The van der Waals surface area contributed by atoms with Gasteiger partial charge in [0.15, 0.2) is 11.5 Å². The Morgan fingerprint density at radius 3 is 2.40 bits per heavy atom. The SMILES string of the molecule is O=C(NNS(=O)(=O)c1ccc2c(c1)OCCCO2)c1ccc(O)cc1. The number of carbonyl (C=O) groups is 1. The molecule has 3 rings (SSSR count). The van der Waals surface area contributed by atoms with E-state index in [2.05, 4.69) is 5.43 Å². The molecule has 0 radical (unpaired) electrons. The molecule has 0 atom stereocenters. The van der Waals surface area contributed by atoms with Crippen molar-refractivity contribution in [3.8, 4) is 17.2 Å². The van der Waals surface area contributed by atoms with E-state index in [0.717, 1.165) is 0 Å². The van der Waals surface area contributed by atoms with E-state index in [1.807, 2.05) is 4.83 Å². The third kappa shape index (κ3) is 4.01. The van der Waals surface area contributed by atoms with Gasteiger partial charge in [0.05, 0.1) is 18.1 Å². The number of ether oxygens (including phenoxy) is 2. The molecular formula is C16H16N2O6S. The zero-order valence-corrected chi connectivity index (χ0v) is 13.9. The molecular weight excluding hydrogens is 348 g/mol. The van der Waals surface area contributed by atoms with Crippen LogP contribution in [0, 0.1) is 0 Å². The Balaban J connectivity index is 1.72. The lowest BCUT2D eigenvalue weighted by molar-refractivity contribution is 0.0945. The number of sulfonamides is 1. The summed E-state index contributed by atoms with van der Waals surface area (Å²) in [5.74, 6) is 0.164. The highest BCUT2D eigenvalue weighted by Crippen LogP contribution is 2.31. The van der Waals surface area contributed by atoms with Crippen LogP contribution in [0.15, 0.2) is 47.4 Å². The highest BCUT2D eigenvalue weighted by Gasteiger charge is 2.19. The molecule has 1 heterocycles. The molecule has 8 nitrogen and oxygen atoms in total. The zero-order chi connectivity index (χ0) is 17.9. The Labute approximate surface area is 144 Å². The number of carbonyl (C=O) groups excluding carboxylic acids is 1. The fourth-order valence-electron chi connectivity index (χ4n) is 2.17. The number of fused-ring (bicyclic) bond motifs is 1. The summed E-state index contributed by atoms with van der Waals surface area (Å²) < 4.78 is 35.6. The molecule has 0 spiro atoms. The fraction of sp³-hybridized carbons (Fsp3) is 0.188. The van der Waals surface area contributed by atoms with Crippen molar-refractivity contribution in [2.24, 2.45) is 0 Å². The third-order valence-electron chi connectivity index (χ3n) is 3.46. The molecule has 132 valence electrons. The van der Waals surface area contributed by atoms with Crippen molar-refractivity contribution >= 4 is 15.9 Å². The van der Waals surface area contributed by atoms with Crippen molar-refractivity contribution in [1.29, 1.82) is 0 Å². The quantitative estimate of drug-likeness (QED) is 0.702. The Bertz CT molecular complexity index is 880. The molecule has 2 aromatic rings. The van der Waals surface area contributed by atoms with Gasteiger partial charge >= 0.3 is 0 Å². The number of benzene rings is 2. The van der Waals surface area contributed by atoms with Gasteiger partial charge in [-0.15, -0.1) is 4.83 Å². The van der Waals surface area contributed by atoms with Crippen LogP contribution < -0.4 is 19.7 Å². The van der Waals surface area contributed by atoms with Crippen molar-refractivity contribution in [3.63, 3.8) is 0 Å². The number of aromatic hydroxyl groups is 1. The molecule has 0 aromatic heterocycles. The zero-order valence-electron chi connectivity index (χ0n) is 13.1. The van der Waals surface area contributed by atoms with Gasteiger partial charge in [0.1, 0.15) is 5.75 Å². The van der Waals surface area contributed by atoms with Crippen LogP contribution >= 0.6 is 0 Å². The van der Waals surface area contributed by atoms with E-state index in [1.165, 1.54) is 42.5 Å². The predicted molar refractivity (Wildman–Crippen MR) is 87.9 cm³/mol. The summed E-state index contributed by atoms with van der Waals surface area (Å²) in [5.41, 5.74) is 2.31.